The van der Waals surface area contributed by atoms with Crippen molar-refractivity contribution in [3.8, 4) is 0 Å². The average molecular weight is 199 g/mol. The third-order valence-corrected chi connectivity index (χ3v) is 3.07. The lowest BCUT2D eigenvalue weighted by atomic mass is 9.83. The molecule has 0 spiro atoms. The minimum atomic E-state index is 0.822. The second-order valence-corrected chi connectivity index (χ2v) is 5.04. The highest BCUT2D eigenvalue weighted by atomic mass is 14.8. The van der Waals surface area contributed by atoms with Gasteiger partial charge in [-0.1, -0.05) is 41.0 Å². The molecular formula is C13H29N. The van der Waals surface area contributed by atoms with E-state index in [1.54, 1.807) is 0 Å². The molecule has 0 rings (SSSR count). The Bertz CT molecular complexity index is 110. The van der Waals surface area contributed by atoms with Crippen molar-refractivity contribution in [2.45, 2.75) is 53.9 Å². The molecule has 0 aliphatic heterocycles. The molecule has 0 saturated carbocycles. The minimum absolute atomic E-state index is 0.822. The predicted octanol–water partition coefficient (Wildman–Crippen LogP) is 3.69. The summed E-state index contributed by atoms with van der Waals surface area (Å²) in [5.74, 6) is 2.52. The van der Waals surface area contributed by atoms with E-state index in [2.05, 4.69) is 39.9 Å². The molecule has 0 unspecified atom stereocenters. The Morgan fingerprint density at radius 2 is 1.50 bits per heavy atom. The molecule has 0 amide bonds. The van der Waals surface area contributed by atoms with Gasteiger partial charge in [0.2, 0.25) is 0 Å². The second-order valence-electron chi connectivity index (χ2n) is 5.04. The molecule has 0 fully saturated rings. The van der Waals surface area contributed by atoms with Crippen LogP contribution in [0.3, 0.4) is 0 Å². The first-order chi connectivity index (χ1) is 6.59. The largest absolute Gasteiger partial charge is 0.317 e. The first-order valence-electron chi connectivity index (χ1n) is 6.30. The lowest BCUT2D eigenvalue weighted by Crippen LogP contribution is -2.24. The zero-order valence-corrected chi connectivity index (χ0v) is 10.8. The van der Waals surface area contributed by atoms with Crippen LogP contribution in [0.1, 0.15) is 53.9 Å². The van der Waals surface area contributed by atoms with Crippen LogP contribution >= 0.6 is 0 Å². The van der Waals surface area contributed by atoms with Gasteiger partial charge in [-0.25, -0.2) is 0 Å². The van der Waals surface area contributed by atoms with Crippen LogP contribution in [-0.4, -0.2) is 13.1 Å². The molecule has 0 saturated heterocycles. The lowest BCUT2D eigenvalue weighted by Gasteiger charge is -2.24. The standard InChI is InChI=1S/C13H29N/c1-6-7-9-14-10-8-13(11(2)3)12(4)5/h11-14H,6-10H2,1-5H3. The molecule has 0 aliphatic carbocycles. The Morgan fingerprint density at radius 1 is 0.929 bits per heavy atom. The predicted molar refractivity (Wildman–Crippen MR) is 65.6 cm³/mol. The van der Waals surface area contributed by atoms with Crippen LogP contribution in [0.2, 0.25) is 0 Å². The summed E-state index contributed by atoms with van der Waals surface area (Å²) in [4.78, 5) is 0. The van der Waals surface area contributed by atoms with Gasteiger partial charge >= 0.3 is 0 Å². The monoisotopic (exact) mass is 199 g/mol. The highest BCUT2D eigenvalue weighted by Crippen LogP contribution is 2.23. The maximum absolute atomic E-state index is 3.53. The Hall–Kier alpha value is -0.0400. The van der Waals surface area contributed by atoms with Crippen molar-refractivity contribution in [1.29, 1.82) is 0 Å². The van der Waals surface area contributed by atoms with E-state index in [0.717, 1.165) is 17.8 Å². The Kier molecular flexibility index (Phi) is 8.26. The van der Waals surface area contributed by atoms with E-state index in [-0.39, 0.29) is 0 Å². The van der Waals surface area contributed by atoms with Crippen LogP contribution in [0.25, 0.3) is 0 Å². The molecule has 0 heterocycles. The summed E-state index contributed by atoms with van der Waals surface area (Å²) in [5, 5.41) is 3.53. The molecule has 0 aromatic heterocycles. The third-order valence-electron chi connectivity index (χ3n) is 3.07. The fourth-order valence-electron chi connectivity index (χ4n) is 2.13. The van der Waals surface area contributed by atoms with Gasteiger partial charge in [0.05, 0.1) is 0 Å². The van der Waals surface area contributed by atoms with Crippen LogP contribution < -0.4 is 5.32 Å². The van der Waals surface area contributed by atoms with Gasteiger partial charge in [-0.05, 0) is 43.7 Å². The van der Waals surface area contributed by atoms with Crippen molar-refractivity contribution >= 4 is 0 Å². The molecular weight excluding hydrogens is 170 g/mol. The zero-order chi connectivity index (χ0) is 11.0. The van der Waals surface area contributed by atoms with Crippen molar-refractivity contribution < 1.29 is 0 Å². The van der Waals surface area contributed by atoms with Crippen molar-refractivity contribution in [2.75, 3.05) is 13.1 Å². The van der Waals surface area contributed by atoms with E-state index >= 15 is 0 Å². The summed E-state index contributed by atoms with van der Waals surface area (Å²) in [6, 6.07) is 0. The summed E-state index contributed by atoms with van der Waals surface area (Å²) < 4.78 is 0. The fraction of sp³-hybridized carbons (Fsp3) is 1.00. The maximum Gasteiger partial charge on any atom is -0.00461 e. The quantitative estimate of drug-likeness (QED) is 0.588. The van der Waals surface area contributed by atoms with E-state index in [1.165, 1.54) is 32.4 Å². The number of unbranched alkanes of at least 4 members (excludes halogenated alkanes) is 1. The summed E-state index contributed by atoms with van der Waals surface area (Å²) >= 11 is 0. The molecule has 0 aliphatic rings. The van der Waals surface area contributed by atoms with Gasteiger partial charge in [0.1, 0.15) is 0 Å². The van der Waals surface area contributed by atoms with Gasteiger partial charge in [-0.15, -0.1) is 0 Å². The normalized spacial score (nSPS) is 12.0. The SMILES string of the molecule is CCCCNCCC(C(C)C)C(C)C. The molecule has 0 radical (unpaired) electrons. The van der Waals surface area contributed by atoms with Gasteiger partial charge < -0.3 is 5.32 Å². The van der Waals surface area contributed by atoms with E-state index in [0.29, 0.717) is 0 Å². The third kappa shape index (κ3) is 6.42. The van der Waals surface area contributed by atoms with Gasteiger partial charge in [0.15, 0.2) is 0 Å². The fourth-order valence-corrected chi connectivity index (χ4v) is 2.13. The molecule has 86 valence electrons. The average Bonchev–Trinajstić information content (AvgIpc) is 2.09. The summed E-state index contributed by atoms with van der Waals surface area (Å²) in [5.41, 5.74) is 0. The first-order valence-corrected chi connectivity index (χ1v) is 6.30. The van der Waals surface area contributed by atoms with Crippen molar-refractivity contribution in [3.63, 3.8) is 0 Å². The van der Waals surface area contributed by atoms with Crippen LogP contribution in [0.15, 0.2) is 0 Å². The highest BCUT2D eigenvalue weighted by Gasteiger charge is 2.16. The number of hydrogen-bond donors (Lipinski definition) is 1. The van der Waals surface area contributed by atoms with Crippen LogP contribution in [0, 0.1) is 17.8 Å². The highest BCUT2D eigenvalue weighted by molar-refractivity contribution is 4.67. The maximum atomic E-state index is 3.53. The van der Waals surface area contributed by atoms with Gasteiger partial charge in [-0.3, -0.25) is 0 Å². The van der Waals surface area contributed by atoms with E-state index in [1.807, 2.05) is 0 Å². The number of nitrogens with one attached hydrogen (secondary N) is 1. The minimum Gasteiger partial charge on any atom is -0.317 e. The molecule has 1 N–H and O–H groups in total. The summed E-state index contributed by atoms with van der Waals surface area (Å²) in [7, 11) is 0. The number of rotatable bonds is 8. The molecule has 1 nitrogen and oxygen atoms in total. The Balaban J connectivity index is 3.52. The molecule has 0 bridgehead atoms. The van der Waals surface area contributed by atoms with Gasteiger partial charge in [0, 0.05) is 0 Å². The van der Waals surface area contributed by atoms with Crippen LogP contribution in [0.4, 0.5) is 0 Å². The molecule has 0 aromatic rings. The van der Waals surface area contributed by atoms with E-state index < -0.39 is 0 Å². The van der Waals surface area contributed by atoms with Gasteiger partial charge in [-0.2, -0.15) is 0 Å². The van der Waals surface area contributed by atoms with Crippen molar-refractivity contribution in [3.05, 3.63) is 0 Å². The molecule has 0 atom stereocenters. The van der Waals surface area contributed by atoms with Crippen molar-refractivity contribution in [2.24, 2.45) is 17.8 Å². The molecule has 0 aromatic carbocycles. The summed E-state index contributed by atoms with van der Waals surface area (Å²) in [6.45, 7) is 14.0. The van der Waals surface area contributed by atoms with Gasteiger partial charge in [0.25, 0.3) is 0 Å². The topological polar surface area (TPSA) is 12.0 Å². The van der Waals surface area contributed by atoms with Crippen molar-refractivity contribution in [1.82, 2.24) is 5.32 Å². The van der Waals surface area contributed by atoms with E-state index in [4.69, 9.17) is 0 Å². The Labute approximate surface area is 90.7 Å². The zero-order valence-electron chi connectivity index (χ0n) is 10.8. The Morgan fingerprint density at radius 3 is 1.93 bits per heavy atom. The van der Waals surface area contributed by atoms with Crippen LogP contribution in [-0.2, 0) is 0 Å². The first kappa shape index (κ1) is 14.0. The smallest absolute Gasteiger partial charge is 0.00461 e. The van der Waals surface area contributed by atoms with Crippen LogP contribution in [0.5, 0.6) is 0 Å². The molecule has 14 heavy (non-hydrogen) atoms. The lowest BCUT2D eigenvalue weighted by molar-refractivity contribution is 0.266. The molecule has 1 heteroatoms. The van der Waals surface area contributed by atoms with E-state index in [9.17, 15) is 0 Å². The second kappa shape index (κ2) is 8.28. The summed E-state index contributed by atoms with van der Waals surface area (Å²) in [6.07, 6.45) is 3.94. The number of hydrogen-bond acceptors (Lipinski definition) is 1.